The Morgan fingerprint density at radius 2 is 1.96 bits per heavy atom. The van der Waals surface area contributed by atoms with E-state index >= 15 is 0 Å². The number of fused-ring (bicyclic) bond motifs is 1. The maximum atomic E-state index is 13.3. The molecule has 2 aromatic carbocycles. The fourth-order valence-electron chi connectivity index (χ4n) is 2.43. The molecule has 0 saturated heterocycles. The number of imidazole rings is 1. The molecule has 0 bridgehead atoms. The van der Waals surface area contributed by atoms with E-state index in [1.807, 2.05) is 24.3 Å². The number of thioether (sulfide) groups is 1. The Hall–Kier alpha value is -2.92. The summed E-state index contributed by atoms with van der Waals surface area (Å²) in [6.45, 7) is 0.288. The van der Waals surface area contributed by atoms with Crippen molar-refractivity contribution in [2.24, 2.45) is 0 Å². The zero-order valence-corrected chi connectivity index (χ0v) is 14.4. The molecule has 3 aromatic rings. The SMILES string of the molecule is N#CCCN(C(=O)CSc1nc2cc(F)c(F)cc2[nH]1)c1ccccc1. The highest BCUT2D eigenvalue weighted by molar-refractivity contribution is 7.99. The molecule has 0 aliphatic heterocycles. The normalized spacial score (nSPS) is 10.7. The largest absolute Gasteiger partial charge is 0.333 e. The average molecular weight is 372 g/mol. The predicted molar refractivity (Wildman–Crippen MR) is 95.8 cm³/mol. The summed E-state index contributed by atoms with van der Waals surface area (Å²) in [5.74, 6) is -2.04. The van der Waals surface area contributed by atoms with Crippen LogP contribution < -0.4 is 4.90 Å². The van der Waals surface area contributed by atoms with Gasteiger partial charge in [0.2, 0.25) is 5.91 Å². The van der Waals surface area contributed by atoms with Gasteiger partial charge >= 0.3 is 0 Å². The number of nitrogens with zero attached hydrogens (tertiary/aromatic N) is 3. The standard InChI is InChI=1S/C18H14F2N4OS/c19-13-9-15-16(10-14(13)20)23-18(22-15)26-11-17(25)24(8-4-7-21)12-5-2-1-3-6-12/h1-3,5-6,9-10H,4,8,11H2,(H,22,23). The van der Waals surface area contributed by atoms with Crippen molar-refractivity contribution in [2.45, 2.75) is 11.6 Å². The van der Waals surface area contributed by atoms with Crippen molar-refractivity contribution in [1.82, 2.24) is 9.97 Å². The van der Waals surface area contributed by atoms with Gasteiger partial charge in [0.25, 0.3) is 0 Å². The van der Waals surface area contributed by atoms with Gasteiger partial charge in [-0.25, -0.2) is 13.8 Å². The predicted octanol–water partition coefficient (Wildman–Crippen LogP) is 3.88. The number of anilines is 1. The molecule has 0 aliphatic rings. The van der Waals surface area contributed by atoms with Gasteiger partial charge in [0.15, 0.2) is 16.8 Å². The van der Waals surface area contributed by atoms with Gasteiger partial charge in [-0.1, -0.05) is 30.0 Å². The lowest BCUT2D eigenvalue weighted by Gasteiger charge is -2.21. The van der Waals surface area contributed by atoms with Crippen molar-refractivity contribution < 1.29 is 13.6 Å². The number of halogens is 2. The van der Waals surface area contributed by atoms with E-state index in [-0.39, 0.29) is 24.6 Å². The van der Waals surface area contributed by atoms with Gasteiger partial charge in [-0.15, -0.1) is 0 Å². The van der Waals surface area contributed by atoms with E-state index in [0.29, 0.717) is 21.9 Å². The number of nitrogens with one attached hydrogen (secondary N) is 1. The van der Waals surface area contributed by atoms with Gasteiger partial charge in [0.05, 0.1) is 29.3 Å². The summed E-state index contributed by atoms with van der Waals surface area (Å²) in [5, 5.41) is 9.20. The molecule has 0 aliphatic carbocycles. The second-order valence-electron chi connectivity index (χ2n) is 5.40. The van der Waals surface area contributed by atoms with Crippen molar-refractivity contribution in [3.8, 4) is 6.07 Å². The first-order valence-corrected chi connectivity index (χ1v) is 8.77. The smallest absolute Gasteiger partial charge is 0.237 e. The van der Waals surface area contributed by atoms with Crippen molar-refractivity contribution in [2.75, 3.05) is 17.2 Å². The molecule has 26 heavy (non-hydrogen) atoms. The van der Waals surface area contributed by atoms with Crippen LogP contribution in [0.25, 0.3) is 11.0 Å². The van der Waals surface area contributed by atoms with Crippen LogP contribution in [0, 0.1) is 23.0 Å². The van der Waals surface area contributed by atoms with E-state index in [1.54, 1.807) is 12.1 Å². The van der Waals surface area contributed by atoms with Crippen molar-refractivity contribution in [3.63, 3.8) is 0 Å². The first-order valence-electron chi connectivity index (χ1n) is 7.78. The van der Waals surface area contributed by atoms with E-state index in [2.05, 4.69) is 9.97 Å². The number of aromatic amines is 1. The van der Waals surface area contributed by atoms with Crippen LogP contribution in [-0.4, -0.2) is 28.2 Å². The van der Waals surface area contributed by atoms with E-state index < -0.39 is 11.6 Å². The molecule has 0 atom stereocenters. The summed E-state index contributed by atoms with van der Waals surface area (Å²) in [6, 6.07) is 13.2. The molecule has 8 heteroatoms. The highest BCUT2D eigenvalue weighted by atomic mass is 32.2. The average Bonchev–Trinajstić information content (AvgIpc) is 3.03. The molecule has 0 fully saturated rings. The molecular formula is C18H14F2N4OS. The lowest BCUT2D eigenvalue weighted by molar-refractivity contribution is -0.116. The van der Waals surface area contributed by atoms with Crippen LogP contribution in [0.3, 0.4) is 0 Å². The minimum Gasteiger partial charge on any atom is -0.333 e. The van der Waals surface area contributed by atoms with Crippen molar-refractivity contribution >= 4 is 34.4 Å². The zero-order chi connectivity index (χ0) is 18.5. The molecule has 0 radical (unpaired) electrons. The lowest BCUT2D eigenvalue weighted by atomic mass is 10.2. The quantitative estimate of drug-likeness (QED) is 0.667. The molecular weight excluding hydrogens is 358 g/mol. The third kappa shape index (κ3) is 4.00. The number of nitriles is 1. The molecule has 1 aromatic heterocycles. The first kappa shape index (κ1) is 17.9. The summed E-state index contributed by atoms with van der Waals surface area (Å²) in [7, 11) is 0. The molecule has 3 rings (SSSR count). The number of para-hydroxylation sites is 1. The molecule has 5 nitrogen and oxygen atoms in total. The lowest BCUT2D eigenvalue weighted by Crippen LogP contribution is -2.33. The Morgan fingerprint density at radius 3 is 2.69 bits per heavy atom. The highest BCUT2D eigenvalue weighted by Gasteiger charge is 2.17. The molecule has 0 saturated carbocycles. The van der Waals surface area contributed by atoms with Gasteiger partial charge < -0.3 is 9.88 Å². The third-order valence-corrected chi connectivity index (χ3v) is 4.51. The topological polar surface area (TPSA) is 72.8 Å². The maximum Gasteiger partial charge on any atom is 0.237 e. The van der Waals surface area contributed by atoms with Gasteiger partial charge in [-0.05, 0) is 12.1 Å². The number of hydrogen-bond acceptors (Lipinski definition) is 4. The van der Waals surface area contributed by atoms with Gasteiger partial charge in [0, 0.05) is 24.4 Å². The number of rotatable bonds is 6. The molecule has 1 heterocycles. The van der Waals surface area contributed by atoms with Crippen LogP contribution >= 0.6 is 11.8 Å². The fraction of sp³-hybridized carbons (Fsp3) is 0.167. The summed E-state index contributed by atoms with van der Waals surface area (Å²) in [4.78, 5) is 21.1. The van der Waals surface area contributed by atoms with Crippen LogP contribution in [0.5, 0.6) is 0 Å². The van der Waals surface area contributed by atoms with Gasteiger partial charge in [-0.2, -0.15) is 5.26 Å². The minimum atomic E-state index is -0.969. The van der Waals surface area contributed by atoms with Crippen molar-refractivity contribution in [1.29, 1.82) is 5.26 Å². The first-order chi connectivity index (χ1) is 12.6. The number of carbonyl (C=O) groups excluding carboxylic acids is 1. The zero-order valence-electron chi connectivity index (χ0n) is 13.6. The fourth-order valence-corrected chi connectivity index (χ4v) is 3.19. The molecule has 1 amide bonds. The molecule has 0 unspecified atom stereocenters. The second kappa shape index (κ2) is 7.97. The van der Waals surface area contributed by atoms with Crippen LogP contribution in [0.2, 0.25) is 0 Å². The number of H-pyrrole nitrogens is 1. The van der Waals surface area contributed by atoms with Crippen LogP contribution in [0.15, 0.2) is 47.6 Å². The summed E-state index contributed by atoms with van der Waals surface area (Å²) >= 11 is 1.14. The Bertz CT molecular complexity index is 929. The number of amides is 1. The van der Waals surface area contributed by atoms with E-state index in [1.165, 1.54) is 4.90 Å². The summed E-state index contributed by atoms with van der Waals surface area (Å²) in [6.07, 6.45) is 0.217. The Labute approximate surface area is 152 Å². The summed E-state index contributed by atoms with van der Waals surface area (Å²) < 4.78 is 26.5. The van der Waals surface area contributed by atoms with Crippen LogP contribution in [-0.2, 0) is 4.79 Å². The monoisotopic (exact) mass is 372 g/mol. The number of carbonyl (C=O) groups is 1. The van der Waals surface area contributed by atoms with Crippen molar-refractivity contribution in [3.05, 3.63) is 54.1 Å². The second-order valence-corrected chi connectivity index (χ2v) is 6.37. The molecule has 0 spiro atoms. The third-order valence-electron chi connectivity index (χ3n) is 3.65. The Morgan fingerprint density at radius 1 is 1.23 bits per heavy atom. The number of hydrogen-bond donors (Lipinski definition) is 1. The van der Waals surface area contributed by atoms with Gasteiger partial charge in [0.1, 0.15) is 0 Å². The van der Waals surface area contributed by atoms with E-state index in [4.69, 9.17) is 5.26 Å². The van der Waals surface area contributed by atoms with Crippen LogP contribution in [0.1, 0.15) is 6.42 Å². The minimum absolute atomic E-state index is 0.0745. The maximum absolute atomic E-state index is 13.3. The van der Waals surface area contributed by atoms with E-state index in [0.717, 1.165) is 23.9 Å². The summed E-state index contributed by atoms with van der Waals surface area (Å²) in [5.41, 5.74) is 1.37. The molecule has 1 N–H and O–H groups in total. The Kier molecular flexibility index (Phi) is 5.49. The Balaban J connectivity index is 1.72. The van der Waals surface area contributed by atoms with Crippen LogP contribution in [0.4, 0.5) is 14.5 Å². The number of benzene rings is 2. The molecule has 132 valence electrons. The highest BCUT2D eigenvalue weighted by Crippen LogP contribution is 2.23. The number of aromatic nitrogens is 2. The van der Waals surface area contributed by atoms with E-state index in [9.17, 15) is 13.6 Å². The van der Waals surface area contributed by atoms with Gasteiger partial charge in [-0.3, -0.25) is 4.79 Å².